The number of hydrogen-bond acceptors (Lipinski definition) is 1. The molecule has 0 unspecified atom stereocenters. The summed E-state index contributed by atoms with van der Waals surface area (Å²) < 4.78 is 0. The third-order valence-corrected chi connectivity index (χ3v) is 7.33. The van der Waals surface area contributed by atoms with Crippen molar-refractivity contribution in [3.63, 3.8) is 0 Å². The highest BCUT2D eigenvalue weighted by atomic mass is 16.2. The number of carbonyl (C=O) groups is 1. The zero-order valence-electron chi connectivity index (χ0n) is 15.5. The van der Waals surface area contributed by atoms with Gasteiger partial charge in [0, 0.05) is 12.5 Å². The first-order chi connectivity index (χ1) is 11.6. The lowest BCUT2D eigenvalue weighted by atomic mass is 9.49. The summed E-state index contributed by atoms with van der Waals surface area (Å²) in [6, 6.07) is 0. The molecule has 0 aromatic carbocycles. The van der Waals surface area contributed by atoms with E-state index in [9.17, 15) is 4.79 Å². The van der Waals surface area contributed by atoms with Crippen LogP contribution < -0.4 is 10.2 Å². The molecule has 0 spiro atoms. The maximum Gasteiger partial charge on any atom is 0.226 e. The average molecular weight is 334 g/mol. The van der Waals surface area contributed by atoms with E-state index in [0.29, 0.717) is 17.2 Å². The molecule has 1 amide bonds. The van der Waals surface area contributed by atoms with Gasteiger partial charge in [0.2, 0.25) is 5.91 Å². The normalized spacial score (nSPS) is 32.0. The first-order valence-corrected chi connectivity index (χ1v) is 10.2. The van der Waals surface area contributed by atoms with Crippen LogP contribution in [0.15, 0.2) is 11.6 Å². The molecule has 24 heavy (non-hydrogen) atoms. The predicted octanol–water partition coefficient (Wildman–Crippen LogP) is -0.321. The van der Waals surface area contributed by atoms with Gasteiger partial charge >= 0.3 is 0 Å². The molecule has 1 aliphatic heterocycles. The van der Waals surface area contributed by atoms with Crippen LogP contribution in [0.4, 0.5) is 0 Å². The molecule has 1 saturated heterocycles. The lowest BCUT2D eigenvalue weighted by Crippen LogP contribution is -3.20. The van der Waals surface area contributed by atoms with Crippen molar-refractivity contribution < 1.29 is 15.0 Å². The van der Waals surface area contributed by atoms with Gasteiger partial charge in [-0.3, -0.25) is 4.79 Å². The molecular formula is C20H35N3O+2. The van der Waals surface area contributed by atoms with E-state index in [1.807, 2.05) is 0 Å². The minimum Gasteiger partial charge on any atom is -0.337 e. The number of quaternary nitrogens is 2. The Kier molecular flexibility index (Phi) is 4.46. The Hall–Kier alpha value is -0.870. The van der Waals surface area contributed by atoms with Gasteiger partial charge in [-0.25, -0.2) is 0 Å². The van der Waals surface area contributed by atoms with Crippen LogP contribution in [0.2, 0.25) is 0 Å². The molecule has 1 heterocycles. The van der Waals surface area contributed by atoms with Gasteiger partial charge in [-0.15, -0.1) is 0 Å². The summed E-state index contributed by atoms with van der Waals surface area (Å²) in [5.74, 6) is 2.40. The van der Waals surface area contributed by atoms with Crippen molar-refractivity contribution in [3.05, 3.63) is 11.6 Å². The van der Waals surface area contributed by atoms with Crippen molar-refractivity contribution >= 4 is 5.91 Å². The Morgan fingerprint density at radius 3 is 2.71 bits per heavy atom. The fourth-order valence-corrected chi connectivity index (χ4v) is 5.16. The van der Waals surface area contributed by atoms with Crippen LogP contribution in [0.1, 0.15) is 39.5 Å². The van der Waals surface area contributed by atoms with Crippen molar-refractivity contribution in [3.8, 4) is 0 Å². The molecule has 0 radical (unpaired) electrons. The summed E-state index contributed by atoms with van der Waals surface area (Å²) >= 11 is 0. The smallest absolute Gasteiger partial charge is 0.226 e. The second kappa shape index (κ2) is 6.45. The van der Waals surface area contributed by atoms with E-state index in [0.717, 1.165) is 44.3 Å². The van der Waals surface area contributed by atoms with Gasteiger partial charge in [-0.1, -0.05) is 25.5 Å². The van der Waals surface area contributed by atoms with E-state index >= 15 is 0 Å². The zero-order valence-corrected chi connectivity index (χ0v) is 15.5. The highest BCUT2D eigenvalue weighted by Crippen LogP contribution is 2.59. The Labute approximate surface area is 146 Å². The second-order valence-electron chi connectivity index (χ2n) is 9.22. The van der Waals surface area contributed by atoms with Gasteiger partial charge in [0.15, 0.2) is 0 Å². The first-order valence-electron chi connectivity index (χ1n) is 10.2. The van der Waals surface area contributed by atoms with Crippen molar-refractivity contribution in [2.45, 2.75) is 39.5 Å². The molecule has 2 bridgehead atoms. The lowest BCUT2D eigenvalue weighted by Gasteiger charge is -2.57. The standard InChI is InChI=1S/C20H33N3O/c1-20(2)17-6-5-16(18(20)13-17)14-23(19(24)15-3-4-15)12-11-22-9-7-21-8-10-22/h5,15,17-18,21H,3-4,6-14H2,1-2H3/p+2/t17-,18-/m0/s1. The summed E-state index contributed by atoms with van der Waals surface area (Å²) in [7, 11) is 0. The van der Waals surface area contributed by atoms with Crippen molar-refractivity contribution in [1.29, 1.82) is 0 Å². The number of nitrogens with two attached hydrogens (primary N) is 1. The van der Waals surface area contributed by atoms with Crippen LogP contribution in [0, 0.1) is 23.2 Å². The van der Waals surface area contributed by atoms with Crippen molar-refractivity contribution in [2.75, 3.05) is 45.8 Å². The van der Waals surface area contributed by atoms with E-state index in [1.165, 1.54) is 39.0 Å². The van der Waals surface area contributed by atoms with Gasteiger partial charge < -0.3 is 15.1 Å². The molecule has 2 atom stereocenters. The van der Waals surface area contributed by atoms with Gasteiger partial charge in [0.25, 0.3) is 0 Å². The third kappa shape index (κ3) is 3.15. The molecular weight excluding hydrogens is 298 g/mol. The Morgan fingerprint density at radius 1 is 1.33 bits per heavy atom. The Bertz CT molecular complexity index is 517. The molecule has 4 nitrogen and oxygen atoms in total. The van der Waals surface area contributed by atoms with Crippen LogP contribution in [-0.2, 0) is 4.79 Å². The van der Waals surface area contributed by atoms with Crippen LogP contribution >= 0.6 is 0 Å². The monoisotopic (exact) mass is 333 g/mol. The summed E-state index contributed by atoms with van der Waals surface area (Å²) in [5, 5.41) is 2.42. The van der Waals surface area contributed by atoms with E-state index in [4.69, 9.17) is 0 Å². The quantitative estimate of drug-likeness (QED) is 0.643. The molecule has 4 aliphatic carbocycles. The maximum atomic E-state index is 12.8. The van der Waals surface area contributed by atoms with Crippen LogP contribution in [0.5, 0.6) is 0 Å². The second-order valence-corrected chi connectivity index (χ2v) is 9.22. The van der Waals surface area contributed by atoms with E-state index in [2.05, 4.69) is 30.1 Å². The molecule has 134 valence electrons. The van der Waals surface area contributed by atoms with Gasteiger partial charge in [-0.05, 0) is 42.9 Å². The fourth-order valence-electron chi connectivity index (χ4n) is 5.16. The van der Waals surface area contributed by atoms with Crippen molar-refractivity contribution in [1.82, 2.24) is 4.90 Å². The lowest BCUT2D eigenvalue weighted by molar-refractivity contribution is -0.946. The molecule has 0 aromatic heterocycles. The van der Waals surface area contributed by atoms with E-state index in [1.54, 1.807) is 10.5 Å². The number of nitrogens with zero attached hydrogens (tertiary/aromatic N) is 1. The Balaban J connectivity index is 1.39. The number of carbonyl (C=O) groups excluding carboxylic acids is 1. The molecule has 2 saturated carbocycles. The van der Waals surface area contributed by atoms with Gasteiger partial charge in [0.05, 0.1) is 13.1 Å². The maximum absolute atomic E-state index is 12.8. The molecule has 3 N–H and O–H groups in total. The van der Waals surface area contributed by atoms with Crippen LogP contribution in [0.25, 0.3) is 0 Å². The van der Waals surface area contributed by atoms with Gasteiger partial charge in [0.1, 0.15) is 26.2 Å². The van der Waals surface area contributed by atoms with Crippen LogP contribution in [0.3, 0.4) is 0 Å². The predicted molar refractivity (Wildman–Crippen MR) is 94.6 cm³/mol. The zero-order chi connectivity index (χ0) is 16.7. The Morgan fingerprint density at radius 2 is 2.08 bits per heavy atom. The van der Waals surface area contributed by atoms with E-state index in [-0.39, 0.29) is 0 Å². The summed E-state index contributed by atoms with van der Waals surface area (Å²) in [5.41, 5.74) is 2.03. The number of piperazine rings is 1. The summed E-state index contributed by atoms with van der Waals surface area (Å²) in [6.07, 6.45) is 7.31. The third-order valence-electron chi connectivity index (χ3n) is 7.33. The van der Waals surface area contributed by atoms with Crippen molar-refractivity contribution in [2.24, 2.45) is 23.2 Å². The molecule has 5 rings (SSSR count). The number of rotatable bonds is 6. The molecule has 5 aliphatic rings. The SMILES string of the molecule is CC1(C)[C@H]2CC=C(CN(CC[NH+]3CC[NH2+]CC3)C(=O)C3CC3)[C@@H]1C2. The minimum atomic E-state index is 0.348. The molecule has 4 heteroatoms. The highest BCUT2D eigenvalue weighted by Gasteiger charge is 2.51. The molecule has 0 aromatic rings. The topological polar surface area (TPSA) is 41.4 Å². The number of allylic oxidation sites excluding steroid dienone is 1. The number of amides is 1. The average Bonchev–Trinajstić information content (AvgIpc) is 3.44. The highest BCUT2D eigenvalue weighted by molar-refractivity contribution is 5.81. The van der Waals surface area contributed by atoms with Gasteiger partial charge in [-0.2, -0.15) is 0 Å². The first kappa shape index (κ1) is 16.6. The number of hydrogen-bond donors (Lipinski definition) is 2. The van der Waals surface area contributed by atoms with Crippen LogP contribution in [-0.4, -0.2) is 56.6 Å². The summed E-state index contributed by atoms with van der Waals surface area (Å²) in [6.45, 7) is 12.9. The largest absolute Gasteiger partial charge is 0.337 e. The number of nitrogens with one attached hydrogen (secondary N) is 1. The summed E-state index contributed by atoms with van der Waals surface area (Å²) in [4.78, 5) is 16.7. The minimum absolute atomic E-state index is 0.348. The fraction of sp³-hybridized carbons (Fsp3) is 0.850. The number of fused-ring (bicyclic) bond motifs is 1. The molecule has 3 fully saturated rings. The van der Waals surface area contributed by atoms with E-state index < -0.39 is 0 Å².